The molecular weight excluding hydrogens is 232 g/mol. The zero-order valence-electron chi connectivity index (χ0n) is 10.4. The second kappa shape index (κ2) is 5.14. The minimum atomic E-state index is -0.412. The van der Waals surface area contributed by atoms with Gasteiger partial charge in [-0.3, -0.25) is 14.9 Å². The summed E-state index contributed by atoms with van der Waals surface area (Å²) in [6.45, 7) is 4.29. The number of carbonyl (C=O) groups excluding carboxylic acids is 2. The van der Waals surface area contributed by atoms with Crippen molar-refractivity contribution in [2.45, 2.75) is 19.9 Å². The molecule has 0 aliphatic carbocycles. The van der Waals surface area contributed by atoms with Gasteiger partial charge in [0.25, 0.3) is 0 Å². The zero-order chi connectivity index (χ0) is 13.1. The Kier molecular flexibility index (Phi) is 3.57. The largest absolute Gasteiger partial charge is 0.353 e. The second-order valence-corrected chi connectivity index (χ2v) is 4.40. The number of hydrogen-bond acceptors (Lipinski definition) is 4. The van der Waals surface area contributed by atoms with Crippen LogP contribution in [0.25, 0.3) is 0 Å². The fourth-order valence-corrected chi connectivity index (χ4v) is 1.87. The zero-order valence-corrected chi connectivity index (χ0v) is 10.4. The van der Waals surface area contributed by atoms with Crippen LogP contribution in [0.5, 0.6) is 0 Å². The summed E-state index contributed by atoms with van der Waals surface area (Å²) in [5, 5.41) is 8.25. The van der Waals surface area contributed by atoms with Gasteiger partial charge in [-0.1, -0.05) is 0 Å². The van der Waals surface area contributed by atoms with Crippen LogP contribution in [0.15, 0.2) is 12.1 Å². The van der Waals surface area contributed by atoms with Gasteiger partial charge in [-0.2, -0.15) is 0 Å². The number of nitrogens with one attached hydrogen (secondary N) is 3. The van der Waals surface area contributed by atoms with Crippen LogP contribution in [0.1, 0.15) is 11.3 Å². The molecule has 2 amide bonds. The Hall–Kier alpha value is -1.95. The Morgan fingerprint density at radius 2 is 2.22 bits per heavy atom. The average molecular weight is 248 g/mol. The SMILES string of the molecule is Cc1cc(C)nc(NC(=O)C2CNC(=O)CN2)c1. The minimum absolute atomic E-state index is 0.0939. The van der Waals surface area contributed by atoms with E-state index in [0.717, 1.165) is 11.3 Å². The van der Waals surface area contributed by atoms with Gasteiger partial charge in [-0.15, -0.1) is 0 Å². The summed E-state index contributed by atoms with van der Waals surface area (Å²) < 4.78 is 0. The maximum atomic E-state index is 11.9. The highest BCUT2D eigenvalue weighted by Crippen LogP contribution is 2.09. The number of nitrogens with zero attached hydrogens (tertiary/aromatic N) is 1. The molecule has 2 heterocycles. The van der Waals surface area contributed by atoms with Gasteiger partial charge in [0.1, 0.15) is 11.9 Å². The molecule has 2 rings (SSSR count). The van der Waals surface area contributed by atoms with Crippen molar-refractivity contribution in [1.29, 1.82) is 0 Å². The predicted molar refractivity (Wildman–Crippen MR) is 67.1 cm³/mol. The third-order valence-corrected chi connectivity index (χ3v) is 2.68. The average Bonchev–Trinajstić information content (AvgIpc) is 2.28. The molecule has 0 spiro atoms. The summed E-state index contributed by atoms with van der Waals surface area (Å²) in [7, 11) is 0. The summed E-state index contributed by atoms with van der Waals surface area (Å²) in [5.74, 6) is 0.257. The van der Waals surface area contributed by atoms with E-state index in [0.29, 0.717) is 12.4 Å². The molecule has 1 unspecified atom stereocenters. The summed E-state index contributed by atoms with van der Waals surface area (Å²) in [5.41, 5.74) is 1.90. The van der Waals surface area contributed by atoms with Crippen molar-refractivity contribution >= 4 is 17.6 Å². The number of aromatic nitrogens is 1. The third-order valence-electron chi connectivity index (χ3n) is 2.68. The number of hydrogen-bond donors (Lipinski definition) is 3. The van der Waals surface area contributed by atoms with Crippen molar-refractivity contribution in [2.75, 3.05) is 18.4 Å². The number of aryl methyl sites for hydroxylation is 2. The lowest BCUT2D eigenvalue weighted by Gasteiger charge is -2.23. The molecular formula is C12H16N4O2. The molecule has 96 valence electrons. The van der Waals surface area contributed by atoms with Gasteiger partial charge < -0.3 is 10.6 Å². The Labute approximate surface area is 105 Å². The summed E-state index contributed by atoms with van der Waals surface area (Å²) in [6.07, 6.45) is 0. The standard InChI is InChI=1S/C12H16N4O2/c1-7-3-8(2)15-10(4-7)16-12(18)9-5-14-11(17)6-13-9/h3-4,9,13H,5-6H2,1-2H3,(H,14,17)(H,15,16,18). The fourth-order valence-electron chi connectivity index (χ4n) is 1.87. The molecule has 3 N–H and O–H groups in total. The van der Waals surface area contributed by atoms with Crippen LogP contribution in [-0.4, -0.2) is 35.9 Å². The number of anilines is 1. The van der Waals surface area contributed by atoms with Crippen LogP contribution in [0, 0.1) is 13.8 Å². The van der Waals surface area contributed by atoms with Crippen molar-refractivity contribution < 1.29 is 9.59 Å². The number of pyridine rings is 1. The van der Waals surface area contributed by atoms with E-state index >= 15 is 0 Å². The first kappa shape index (κ1) is 12.5. The highest BCUT2D eigenvalue weighted by atomic mass is 16.2. The van der Waals surface area contributed by atoms with E-state index in [4.69, 9.17) is 0 Å². The Morgan fingerprint density at radius 3 is 2.83 bits per heavy atom. The van der Waals surface area contributed by atoms with Crippen LogP contribution in [0.2, 0.25) is 0 Å². The Balaban J connectivity index is 2.00. The lowest BCUT2D eigenvalue weighted by Crippen LogP contribution is -2.56. The molecule has 0 aromatic carbocycles. The van der Waals surface area contributed by atoms with E-state index in [-0.39, 0.29) is 18.4 Å². The summed E-state index contributed by atoms with van der Waals surface area (Å²) in [4.78, 5) is 27.1. The summed E-state index contributed by atoms with van der Waals surface area (Å²) in [6, 6.07) is 3.34. The van der Waals surface area contributed by atoms with Gasteiger partial charge in [0.2, 0.25) is 11.8 Å². The molecule has 6 nitrogen and oxygen atoms in total. The fraction of sp³-hybridized carbons (Fsp3) is 0.417. The highest BCUT2D eigenvalue weighted by Gasteiger charge is 2.23. The molecule has 1 saturated heterocycles. The van der Waals surface area contributed by atoms with Gasteiger partial charge in [0.15, 0.2) is 0 Å². The molecule has 1 fully saturated rings. The molecule has 1 aliphatic heterocycles. The normalized spacial score (nSPS) is 19.2. The van der Waals surface area contributed by atoms with Crippen LogP contribution < -0.4 is 16.0 Å². The van der Waals surface area contributed by atoms with Crippen molar-refractivity contribution in [3.8, 4) is 0 Å². The van der Waals surface area contributed by atoms with Crippen LogP contribution in [0.3, 0.4) is 0 Å². The third kappa shape index (κ3) is 3.04. The number of carbonyl (C=O) groups is 2. The van der Waals surface area contributed by atoms with E-state index in [9.17, 15) is 9.59 Å². The first-order valence-electron chi connectivity index (χ1n) is 5.81. The molecule has 1 aromatic heterocycles. The van der Waals surface area contributed by atoms with Gasteiger partial charge in [-0.05, 0) is 31.5 Å². The maximum absolute atomic E-state index is 11.9. The minimum Gasteiger partial charge on any atom is -0.353 e. The first-order chi connectivity index (χ1) is 8.54. The van der Waals surface area contributed by atoms with Crippen LogP contribution in [-0.2, 0) is 9.59 Å². The van der Waals surface area contributed by atoms with Crippen LogP contribution in [0.4, 0.5) is 5.82 Å². The van der Waals surface area contributed by atoms with Gasteiger partial charge >= 0.3 is 0 Å². The molecule has 1 aliphatic rings. The lowest BCUT2D eigenvalue weighted by atomic mass is 10.2. The van der Waals surface area contributed by atoms with Crippen molar-refractivity contribution in [3.05, 3.63) is 23.4 Å². The Morgan fingerprint density at radius 1 is 1.44 bits per heavy atom. The second-order valence-electron chi connectivity index (χ2n) is 4.40. The van der Waals surface area contributed by atoms with E-state index in [1.54, 1.807) is 0 Å². The molecule has 0 bridgehead atoms. The van der Waals surface area contributed by atoms with Crippen molar-refractivity contribution in [2.24, 2.45) is 0 Å². The molecule has 18 heavy (non-hydrogen) atoms. The monoisotopic (exact) mass is 248 g/mol. The van der Waals surface area contributed by atoms with Crippen LogP contribution >= 0.6 is 0 Å². The summed E-state index contributed by atoms with van der Waals surface area (Å²) >= 11 is 0. The molecule has 0 saturated carbocycles. The number of piperazine rings is 1. The number of amides is 2. The highest BCUT2D eigenvalue weighted by molar-refractivity contribution is 5.95. The van der Waals surface area contributed by atoms with E-state index < -0.39 is 6.04 Å². The predicted octanol–water partition coefficient (Wildman–Crippen LogP) is -0.275. The first-order valence-corrected chi connectivity index (χ1v) is 5.81. The molecule has 0 radical (unpaired) electrons. The van der Waals surface area contributed by atoms with Crippen molar-refractivity contribution in [1.82, 2.24) is 15.6 Å². The molecule has 1 atom stereocenters. The van der Waals surface area contributed by atoms with E-state index in [1.807, 2.05) is 26.0 Å². The van der Waals surface area contributed by atoms with E-state index in [2.05, 4.69) is 20.9 Å². The lowest BCUT2D eigenvalue weighted by molar-refractivity contribution is -0.124. The topological polar surface area (TPSA) is 83.1 Å². The number of rotatable bonds is 2. The Bertz CT molecular complexity index is 457. The van der Waals surface area contributed by atoms with Crippen molar-refractivity contribution in [3.63, 3.8) is 0 Å². The van der Waals surface area contributed by atoms with E-state index in [1.165, 1.54) is 0 Å². The van der Waals surface area contributed by atoms with Gasteiger partial charge in [0.05, 0.1) is 6.54 Å². The maximum Gasteiger partial charge on any atom is 0.244 e. The van der Waals surface area contributed by atoms with Gasteiger partial charge in [0, 0.05) is 12.2 Å². The quantitative estimate of drug-likeness (QED) is 0.672. The molecule has 6 heteroatoms. The smallest absolute Gasteiger partial charge is 0.244 e. The molecule has 1 aromatic rings. The van der Waals surface area contributed by atoms with Gasteiger partial charge in [-0.25, -0.2) is 4.98 Å².